The molecule has 0 bridgehead atoms. The summed E-state index contributed by atoms with van der Waals surface area (Å²) in [6.45, 7) is 0.177. The Balaban J connectivity index is 1.30. The predicted octanol–water partition coefficient (Wildman–Crippen LogP) is 8.64. The molecule has 0 aliphatic carbocycles. The molecule has 0 amide bonds. The van der Waals surface area contributed by atoms with Crippen molar-refractivity contribution in [3.63, 3.8) is 0 Å². The van der Waals surface area contributed by atoms with Crippen LogP contribution in [0.15, 0.2) is 95.9 Å². The van der Waals surface area contributed by atoms with E-state index in [2.05, 4.69) is 16.3 Å². The van der Waals surface area contributed by atoms with Crippen molar-refractivity contribution in [2.24, 2.45) is 0 Å². The molecular weight excluding hydrogens is 618 g/mol. The molecule has 2 heterocycles. The summed E-state index contributed by atoms with van der Waals surface area (Å²) in [6.07, 6.45) is -3.92. The van der Waals surface area contributed by atoms with E-state index in [4.69, 9.17) is 23.2 Å². The lowest BCUT2D eigenvalue weighted by Gasteiger charge is -2.31. The maximum absolute atomic E-state index is 13.6. The van der Waals surface area contributed by atoms with Crippen LogP contribution in [0.5, 0.6) is 0 Å². The minimum absolute atomic E-state index is 0.0715. The van der Waals surface area contributed by atoms with Gasteiger partial charge in [-0.2, -0.15) is 22.6 Å². The third-order valence-corrected chi connectivity index (χ3v) is 10.5. The first-order chi connectivity index (χ1) is 20.5. The molecule has 6 rings (SSSR count). The highest BCUT2D eigenvalue weighted by Gasteiger charge is 2.40. The Hall–Kier alpha value is -3.37. The van der Waals surface area contributed by atoms with E-state index in [1.807, 2.05) is 60.7 Å². The van der Waals surface area contributed by atoms with Gasteiger partial charge in [0.1, 0.15) is 0 Å². The number of fused-ring (bicyclic) bond motifs is 1. The second kappa shape index (κ2) is 11.6. The standard InChI is InChI=1S/C32H26Cl2F3N3O2S/c33-24-10-5-20(6-11-24)30(21-7-12-25(34)13-8-21)23-9-14-28-26(19-23)31(39-38-28)22-15-17-40(18-16-22)43(41,42)29-4-2-1-3-27(29)32(35,36)37/h1-14,19,22,30H,15-18H2,(H,38,39). The van der Waals surface area contributed by atoms with Crippen molar-refractivity contribution in [3.8, 4) is 0 Å². The average molecular weight is 645 g/mol. The summed E-state index contributed by atoms with van der Waals surface area (Å²) >= 11 is 12.4. The van der Waals surface area contributed by atoms with Crippen LogP contribution in [0.25, 0.3) is 10.9 Å². The van der Waals surface area contributed by atoms with Gasteiger partial charge >= 0.3 is 6.18 Å². The van der Waals surface area contributed by atoms with Crippen molar-refractivity contribution in [1.29, 1.82) is 0 Å². The molecule has 1 fully saturated rings. The monoisotopic (exact) mass is 643 g/mol. The van der Waals surface area contributed by atoms with Crippen LogP contribution in [0.1, 0.15) is 52.6 Å². The van der Waals surface area contributed by atoms with Gasteiger partial charge < -0.3 is 0 Å². The Kier molecular flexibility index (Phi) is 8.02. The van der Waals surface area contributed by atoms with E-state index in [1.165, 1.54) is 12.1 Å². The molecule has 222 valence electrons. The van der Waals surface area contributed by atoms with Crippen LogP contribution in [-0.4, -0.2) is 36.0 Å². The minimum Gasteiger partial charge on any atom is -0.278 e. The quantitative estimate of drug-likeness (QED) is 0.188. The highest BCUT2D eigenvalue weighted by atomic mass is 35.5. The van der Waals surface area contributed by atoms with Crippen molar-refractivity contribution in [3.05, 3.63) is 129 Å². The second-order valence-corrected chi connectivity index (χ2v) is 13.4. The van der Waals surface area contributed by atoms with E-state index in [0.717, 1.165) is 49.7 Å². The minimum atomic E-state index is -4.77. The zero-order valence-corrected chi connectivity index (χ0v) is 25.0. The van der Waals surface area contributed by atoms with Crippen molar-refractivity contribution >= 4 is 44.1 Å². The highest BCUT2D eigenvalue weighted by Crippen LogP contribution is 2.40. The molecule has 0 radical (unpaired) electrons. The van der Waals surface area contributed by atoms with Gasteiger partial charge in [0, 0.05) is 40.4 Å². The van der Waals surface area contributed by atoms with Gasteiger partial charge in [-0.1, -0.05) is 65.7 Å². The number of benzene rings is 4. The molecule has 1 aromatic heterocycles. The van der Waals surface area contributed by atoms with E-state index < -0.39 is 26.7 Å². The molecule has 1 saturated heterocycles. The van der Waals surface area contributed by atoms with E-state index in [-0.39, 0.29) is 24.9 Å². The van der Waals surface area contributed by atoms with E-state index in [9.17, 15) is 21.6 Å². The number of H-pyrrole nitrogens is 1. The van der Waals surface area contributed by atoms with Gasteiger partial charge in [-0.25, -0.2) is 8.42 Å². The number of halogens is 5. The molecular formula is C32H26Cl2F3N3O2S. The summed E-state index contributed by atoms with van der Waals surface area (Å²) < 4.78 is 68.4. The molecule has 1 N–H and O–H groups in total. The fourth-order valence-corrected chi connectivity index (χ4v) is 7.80. The number of nitrogens with zero attached hydrogens (tertiary/aromatic N) is 2. The summed E-state index contributed by atoms with van der Waals surface area (Å²) in [4.78, 5) is -0.716. The molecule has 0 spiro atoms. The Labute approximate surface area is 257 Å². The number of rotatable bonds is 6. The molecule has 0 atom stereocenters. The van der Waals surface area contributed by atoms with Crippen molar-refractivity contribution in [1.82, 2.24) is 14.5 Å². The van der Waals surface area contributed by atoms with Gasteiger partial charge in [0.15, 0.2) is 0 Å². The van der Waals surface area contributed by atoms with Crippen LogP contribution < -0.4 is 0 Å². The molecule has 0 saturated carbocycles. The molecule has 11 heteroatoms. The average Bonchev–Trinajstić information content (AvgIpc) is 3.42. The summed E-state index contributed by atoms with van der Waals surface area (Å²) in [7, 11) is -4.33. The van der Waals surface area contributed by atoms with Crippen LogP contribution in [0.2, 0.25) is 10.0 Å². The lowest BCUT2D eigenvalue weighted by molar-refractivity contribution is -0.139. The van der Waals surface area contributed by atoms with E-state index in [0.29, 0.717) is 22.9 Å². The van der Waals surface area contributed by atoms with Crippen LogP contribution >= 0.6 is 23.2 Å². The number of hydrogen-bond acceptors (Lipinski definition) is 3. The first-order valence-corrected chi connectivity index (χ1v) is 15.9. The van der Waals surface area contributed by atoms with Gasteiger partial charge in [-0.3, -0.25) is 5.10 Å². The van der Waals surface area contributed by atoms with Gasteiger partial charge in [0.05, 0.1) is 21.7 Å². The molecule has 43 heavy (non-hydrogen) atoms. The van der Waals surface area contributed by atoms with Gasteiger partial charge in [0.25, 0.3) is 0 Å². The third kappa shape index (κ3) is 5.91. The molecule has 1 aliphatic heterocycles. The molecule has 1 aliphatic rings. The van der Waals surface area contributed by atoms with Crippen LogP contribution in [0, 0.1) is 0 Å². The Morgan fingerprint density at radius 2 is 1.37 bits per heavy atom. The molecule has 5 aromatic rings. The normalized spacial score (nSPS) is 15.4. The Morgan fingerprint density at radius 3 is 1.95 bits per heavy atom. The maximum Gasteiger partial charge on any atom is 0.417 e. The highest BCUT2D eigenvalue weighted by molar-refractivity contribution is 7.89. The topological polar surface area (TPSA) is 66.1 Å². The van der Waals surface area contributed by atoms with Gasteiger partial charge in [-0.05, 0) is 78.1 Å². The maximum atomic E-state index is 13.6. The van der Waals surface area contributed by atoms with Gasteiger partial charge in [0.2, 0.25) is 10.0 Å². The summed E-state index contributed by atoms with van der Waals surface area (Å²) in [5, 5.41) is 9.90. The van der Waals surface area contributed by atoms with Crippen molar-refractivity contribution in [2.75, 3.05) is 13.1 Å². The predicted molar refractivity (Wildman–Crippen MR) is 162 cm³/mol. The first kappa shape index (κ1) is 29.7. The number of sulfonamides is 1. The largest absolute Gasteiger partial charge is 0.417 e. The number of hydrogen-bond donors (Lipinski definition) is 1. The van der Waals surface area contributed by atoms with E-state index >= 15 is 0 Å². The number of aromatic amines is 1. The summed E-state index contributed by atoms with van der Waals surface area (Å²) in [6, 6.07) is 25.9. The molecule has 5 nitrogen and oxygen atoms in total. The lowest BCUT2D eigenvalue weighted by Crippen LogP contribution is -2.38. The SMILES string of the molecule is O=S(=O)(c1ccccc1C(F)(F)F)N1CCC(c2n[nH]c3ccc(C(c4ccc(Cl)cc4)c4ccc(Cl)cc4)cc23)CC1. The lowest BCUT2D eigenvalue weighted by atomic mass is 9.84. The summed E-state index contributed by atoms with van der Waals surface area (Å²) in [5.41, 5.74) is 3.64. The smallest absolute Gasteiger partial charge is 0.278 e. The van der Waals surface area contributed by atoms with Crippen molar-refractivity contribution < 1.29 is 21.6 Å². The number of nitrogens with one attached hydrogen (secondary N) is 1. The Morgan fingerprint density at radius 1 is 0.814 bits per heavy atom. The number of alkyl halides is 3. The zero-order chi connectivity index (χ0) is 30.4. The second-order valence-electron chi connectivity index (χ2n) is 10.6. The van der Waals surface area contributed by atoms with Gasteiger partial charge in [-0.15, -0.1) is 0 Å². The van der Waals surface area contributed by atoms with Crippen LogP contribution in [0.3, 0.4) is 0 Å². The van der Waals surface area contributed by atoms with Crippen molar-refractivity contribution in [2.45, 2.75) is 35.7 Å². The summed E-state index contributed by atoms with van der Waals surface area (Å²) in [5.74, 6) is -0.180. The fraction of sp³-hybridized carbons (Fsp3) is 0.219. The zero-order valence-electron chi connectivity index (χ0n) is 22.7. The fourth-order valence-electron chi connectivity index (χ4n) is 5.86. The van der Waals surface area contributed by atoms with E-state index in [1.54, 1.807) is 0 Å². The first-order valence-electron chi connectivity index (χ1n) is 13.7. The molecule has 4 aromatic carbocycles. The third-order valence-electron chi connectivity index (χ3n) is 8.01. The number of aromatic nitrogens is 2. The van der Waals surface area contributed by atoms with Crippen LogP contribution in [-0.2, 0) is 16.2 Å². The Bertz CT molecular complexity index is 1820. The molecule has 0 unspecified atom stereocenters. The van der Waals surface area contributed by atoms with Crippen LogP contribution in [0.4, 0.5) is 13.2 Å². The number of piperidine rings is 1.